The van der Waals surface area contributed by atoms with Crippen LogP contribution in [-0.2, 0) is 4.74 Å². The first kappa shape index (κ1) is 13.0. The highest BCUT2D eigenvalue weighted by Crippen LogP contribution is 2.58. The molecule has 108 valence electrons. The van der Waals surface area contributed by atoms with E-state index in [-0.39, 0.29) is 5.60 Å². The van der Waals surface area contributed by atoms with E-state index in [2.05, 4.69) is 11.8 Å². The number of hydrogen-bond acceptors (Lipinski definition) is 3. The van der Waals surface area contributed by atoms with Crippen molar-refractivity contribution in [3.63, 3.8) is 0 Å². The van der Waals surface area contributed by atoms with Crippen LogP contribution in [0, 0.1) is 23.7 Å². The lowest BCUT2D eigenvalue weighted by Crippen LogP contribution is -2.46. The lowest BCUT2D eigenvalue weighted by atomic mass is 9.79. The molecule has 1 spiro atoms. The van der Waals surface area contributed by atoms with E-state index in [1.54, 1.807) is 0 Å². The molecule has 19 heavy (non-hydrogen) atoms. The first-order chi connectivity index (χ1) is 9.29. The highest BCUT2D eigenvalue weighted by molar-refractivity contribution is 7.99. The minimum absolute atomic E-state index is 0.214. The van der Waals surface area contributed by atoms with Gasteiger partial charge in [-0.25, -0.2) is 0 Å². The quantitative estimate of drug-likeness (QED) is 0.845. The molecule has 2 nitrogen and oxygen atoms in total. The lowest BCUT2D eigenvalue weighted by molar-refractivity contribution is -0.0846. The molecular weight excluding hydrogens is 254 g/mol. The maximum absolute atomic E-state index is 6.70. The highest BCUT2D eigenvalue weighted by atomic mass is 32.2. The maximum Gasteiger partial charge on any atom is 0.0783 e. The molecule has 2 heterocycles. The van der Waals surface area contributed by atoms with Gasteiger partial charge in [0.2, 0.25) is 0 Å². The lowest BCUT2D eigenvalue weighted by Gasteiger charge is -2.40. The van der Waals surface area contributed by atoms with E-state index in [0.29, 0.717) is 6.04 Å². The molecule has 0 aromatic rings. The van der Waals surface area contributed by atoms with E-state index in [9.17, 15) is 0 Å². The molecule has 0 bridgehead atoms. The Morgan fingerprint density at radius 3 is 2.63 bits per heavy atom. The standard InChI is InChI=1S/C16H27NOS/c17-15(14-12-3-1-2-4-13(12)14)11-5-7-18-16(9-11)6-8-19-10-16/h11-15H,1-10,17H2. The third-order valence-corrected chi connectivity index (χ3v) is 7.53. The van der Waals surface area contributed by atoms with Gasteiger partial charge in [0.25, 0.3) is 0 Å². The predicted molar refractivity (Wildman–Crippen MR) is 80.3 cm³/mol. The fourth-order valence-corrected chi connectivity index (χ4v) is 6.57. The Balaban J connectivity index is 1.41. The van der Waals surface area contributed by atoms with Crippen molar-refractivity contribution in [3.05, 3.63) is 0 Å². The van der Waals surface area contributed by atoms with E-state index >= 15 is 0 Å². The van der Waals surface area contributed by atoms with Crippen LogP contribution < -0.4 is 5.73 Å². The molecule has 4 rings (SSSR count). The largest absolute Gasteiger partial charge is 0.374 e. The molecule has 2 saturated carbocycles. The fraction of sp³-hybridized carbons (Fsp3) is 1.00. The van der Waals surface area contributed by atoms with Crippen molar-refractivity contribution in [2.24, 2.45) is 29.4 Å². The highest BCUT2D eigenvalue weighted by Gasteiger charge is 2.55. The number of thioether (sulfide) groups is 1. The number of ether oxygens (including phenoxy) is 1. The SMILES string of the molecule is NC(C1CCOC2(CCSC2)C1)C1C2CCCCC21. The molecule has 2 aliphatic heterocycles. The summed E-state index contributed by atoms with van der Waals surface area (Å²) in [5.41, 5.74) is 6.92. The molecule has 0 radical (unpaired) electrons. The Morgan fingerprint density at radius 1 is 1.16 bits per heavy atom. The van der Waals surface area contributed by atoms with Crippen LogP contribution in [0.2, 0.25) is 0 Å². The van der Waals surface area contributed by atoms with Crippen LogP contribution in [0.15, 0.2) is 0 Å². The summed E-state index contributed by atoms with van der Waals surface area (Å²) in [6.45, 7) is 0.959. The Hall–Kier alpha value is 0.270. The van der Waals surface area contributed by atoms with Crippen molar-refractivity contribution in [3.8, 4) is 0 Å². The summed E-state index contributed by atoms with van der Waals surface area (Å²) in [6.07, 6.45) is 9.57. The zero-order chi connectivity index (χ0) is 12.9. The number of nitrogens with two attached hydrogens (primary N) is 1. The molecule has 4 aliphatic rings. The van der Waals surface area contributed by atoms with E-state index in [0.717, 1.165) is 30.3 Å². The molecule has 2 saturated heterocycles. The van der Waals surface area contributed by atoms with Crippen LogP contribution in [0.5, 0.6) is 0 Å². The van der Waals surface area contributed by atoms with Gasteiger partial charge < -0.3 is 10.5 Å². The summed E-state index contributed by atoms with van der Waals surface area (Å²) in [4.78, 5) is 0. The van der Waals surface area contributed by atoms with Gasteiger partial charge in [-0.05, 0) is 61.5 Å². The van der Waals surface area contributed by atoms with Gasteiger partial charge in [0, 0.05) is 18.4 Å². The van der Waals surface area contributed by atoms with Gasteiger partial charge in [0.1, 0.15) is 0 Å². The van der Waals surface area contributed by atoms with Gasteiger partial charge in [-0.15, -0.1) is 0 Å². The minimum atomic E-state index is 0.214. The third-order valence-electron chi connectivity index (χ3n) is 6.31. The summed E-state index contributed by atoms with van der Waals surface area (Å²) in [5, 5.41) is 0. The minimum Gasteiger partial charge on any atom is -0.374 e. The van der Waals surface area contributed by atoms with Crippen LogP contribution in [-0.4, -0.2) is 29.8 Å². The maximum atomic E-state index is 6.70. The average molecular weight is 281 g/mol. The van der Waals surface area contributed by atoms with Crippen LogP contribution in [0.25, 0.3) is 0 Å². The van der Waals surface area contributed by atoms with Crippen LogP contribution in [0.3, 0.4) is 0 Å². The molecule has 5 atom stereocenters. The second-order valence-corrected chi connectivity index (χ2v) is 8.46. The summed E-state index contributed by atoms with van der Waals surface area (Å²) in [7, 11) is 0. The molecule has 4 fully saturated rings. The first-order valence-corrected chi connectivity index (χ1v) is 9.42. The van der Waals surface area contributed by atoms with Gasteiger partial charge in [0.15, 0.2) is 0 Å². The Bertz CT molecular complexity index is 330. The molecule has 3 heteroatoms. The fourth-order valence-electron chi connectivity index (χ4n) is 5.19. The van der Waals surface area contributed by atoms with Crippen molar-refractivity contribution in [1.29, 1.82) is 0 Å². The van der Waals surface area contributed by atoms with Crippen molar-refractivity contribution in [1.82, 2.24) is 0 Å². The van der Waals surface area contributed by atoms with Gasteiger partial charge in [-0.3, -0.25) is 0 Å². The second-order valence-electron chi connectivity index (χ2n) is 7.35. The van der Waals surface area contributed by atoms with Gasteiger partial charge >= 0.3 is 0 Å². The van der Waals surface area contributed by atoms with Gasteiger partial charge in [-0.1, -0.05) is 12.8 Å². The molecule has 0 aromatic heterocycles. The molecule has 2 aliphatic carbocycles. The monoisotopic (exact) mass is 281 g/mol. The summed E-state index contributed by atoms with van der Waals surface area (Å²) in [6, 6.07) is 0.472. The Labute approximate surface area is 121 Å². The number of fused-ring (bicyclic) bond motifs is 1. The van der Waals surface area contributed by atoms with Crippen LogP contribution in [0.4, 0.5) is 0 Å². The molecular formula is C16H27NOS. The third kappa shape index (κ3) is 2.26. The van der Waals surface area contributed by atoms with Crippen LogP contribution >= 0.6 is 11.8 Å². The topological polar surface area (TPSA) is 35.2 Å². The van der Waals surface area contributed by atoms with E-state index in [1.807, 2.05) is 0 Å². The number of hydrogen-bond donors (Lipinski definition) is 1. The van der Waals surface area contributed by atoms with Crippen LogP contribution in [0.1, 0.15) is 44.9 Å². The summed E-state index contributed by atoms with van der Waals surface area (Å²) in [5.74, 6) is 6.12. The van der Waals surface area contributed by atoms with Crippen molar-refractivity contribution < 1.29 is 4.74 Å². The molecule has 2 N–H and O–H groups in total. The normalized spacial score (nSPS) is 51.0. The average Bonchev–Trinajstić information content (AvgIpc) is 3.02. The van der Waals surface area contributed by atoms with E-state index < -0.39 is 0 Å². The molecule has 5 unspecified atom stereocenters. The smallest absolute Gasteiger partial charge is 0.0783 e. The van der Waals surface area contributed by atoms with Crippen molar-refractivity contribution in [2.45, 2.75) is 56.6 Å². The predicted octanol–water partition coefficient (Wildman–Crippen LogP) is 3.05. The second kappa shape index (κ2) is 4.92. The van der Waals surface area contributed by atoms with E-state index in [1.165, 1.54) is 56.5 Å². The summed E-state index contributed by atoms with van der Waals surface area (Å²) < 4.78 is 6.15. The zero-order valence-electron chi connectivity index (χ0n) is 11.9. The van der Waals surface area contributed by atoms with E-state index in [4.69, 9.17) is 10.5 Å². The van der Waals surface area contributed by atoms with Gasteiger partial charge in [-0.2, -0.15) is 11.8 Å². The number of rotatable bonds is 2. The Morgan fingerprint density at radius 2 is 1.95 bits per heavy atom. The summed E-state index contributed by atoms with van der Waals surface area (Å²) >= 11 is 2.07. The van der Waals surface area contributed by atoms with Crippen molar-refractivity contribution in [2.75, 3.05) is 18.1 Å². The van der Waals surface area contributed by atoms with Crippen molar-refractivity contribution >= 4 is 11.8 Å². The Kier molecular flexibility index (Phi) is 3.36. The first-order valence-electron chi connectivity index (χ1n) is 8.26. The van der Waals surface area contributed by atoms with Gasteiger partial charge in [0.05, 0.1) is 5.60 Å². The molecule has 0 amide bonds. The molecule has 0 aromatic carbocycles. The zero-order valence-corrected chi connectivity index (χ0v) is 12.7.